The minimum absolute atomic E-state index is 0.00547. The SMILES string of the molecule is C[C@H]1CC23CCC(N(C)C(=O)c4ccc[n+](O)c4)C1C21CCN(CC2CC2)C3Cc2ccc(O)cc21. The number of aromatic nitrogens is 1. The number of carbonyl (C=O) groups is 1. The lowest BCUT2D eigenvalue weighted by Gasteiger charge is -2.67. The third kappa shape index (κ3) is 2.94. The molecule has 1 aromatic heterocycles. The highest BCUT2D eigenvalue weighted by molar-refractivity contribution is 5.93. The molecule has 0 spiro atoms. The Kier molecular flexibility index (Phi) is 4.83. The van der Waals surface area contributed by atoms with Gasteiger partial charge in [0.15, 0.2) is 0 Å². The smallest absolute Gasteiger partial charge is 0.260 e. The third-order valence-electron chi connectivity index (χ3n) is 11.0. The molecule has 6 heteroatoms. The zero-order chi connectivity index (χ0) is 24.8. The van der Waals surface area contributed by atoms with E-state index in [0.717, 1.165) is 42.9 Å². The Balaban J connectivity index is 1.33. The number of phenolic OH excluding ortho intramolecular Hbond substituents is 1. The van der Waals surface area contributed by atoms with E-state index >= 15 is 0 Å². The van der Waals surface area contributed by atoms with Crippen molar-refractivity contribution >= 4 is 5.91 Å². The van der Waals surface area contributed by atoms with Crippen molar-refractivity contribution in [3.8, 4) is 5.75 Å². The van der Waals surface area contributed by atoms with Crippen molar-refractivity contribution < 1.29 is 19.8 Å². The van der Waals surface area contributed by atoms with Gasteiger partial charge in [0.25, 0.3) is 5.91 Å². The number of benzene rings is 1. The molecule has 4 bridgehead atoms. The molecule has 190 valence electrons. The topological polar surface area (TPSA) is 67.9 Å². The van der Waals surface area contributed by atoms with Crippen molar-refractivity contribution in [1.29, 1.82) is 0 Å². The van der Waals surface area contributed by atoms with E-state index in [1.165, 1.54) is 49.3 Å². The molecule has 2 heterocycles. The van der Waals surface area contributed by atoms with E-state index < -0.39 is 0 Å². The molecule has 0 radical (unpaired) electrons. The van der Waals surface area contributed by atoms with Crippen LogP contribution in [0.1, 0.15) is 66.9 Å². The highest BCUT2D eigenvalue weighted by Gasteiger charge is 2.73. The van der Waals surface area contributed by atoms with Crippen LogP contribution in [0.15, 0.2) is 42.7 Å². The number of phenols is 1. The first-order valence-corrected chi connectivity index (χ1v) is 13.9. The number of nitrogens with zero attached hydrogens (tertiary/aromatic N) is 3. The van der Waals surface area contributed by atoms with Gasteiger partial charge in [-0.3, -0.25) is 14.9 Å². The van der Waals surface area contributed by atoms with Gasteiger partial charge in [0.1, 0.15) is 11.3 Å². The predicted octanol–water partition coefficient (Wildman–Crippen LogP) is 3.77. The van der Waals surface area contributed by atoms with Crippen LogP contribution in [0.4, 0.5) is 0 Å². The first kappa shape index (κ1) is 22.6. The summed E-state index contributed by atoms with van der Waals surface area (Å²) in [7, 11) is 1.96. The largest absolute Gasteiger partial charge is 0.508 e. The Morgan fingerprint density at radius 1 is 1.22 bits per heavy atom. The van der Waals surface area contributed by atoms with Crippen molar-refractivity contribution in [3.05, 3.63) is 59.4 Å². The van der Waals surface area contributed by atoms with Crippen LogP contribution < -0.4 is 4.73 Å². The monoisotopic (exact) mass is 488 g/mol. The summed E-state index contributed by atoms with van der Waals surface area (Å²) in [6, 6.07) is 10.3. The highest BCUT2D eigenvalue weighted by atomic mass is 16.5. The Bertz CT molecular complexity index is 1230. The lowest BCUT2D eigenvalue weighted by atomic mass is 9.43. The summed E-state index contributed by atoms with van der Waals surface area (Å²) < 4.78 is 0.962. The molecule has 6 nitrogen and oxygen atoms in total. The fraction of sp³-hybridized carbons (Fsp3) is 0.600. The van der Waals surface area contributed by atoms with Crippen LogP contribution in [0.25, 0.3) is 0 Å². The average Bonchev–Trinajstić information content (AvgIpc) is 3.65. The minimum Gasteiger partial charge on any atom is -0.508 e. The van der Waals surface area contributed by atoms with Gasteiger partial charge in [0.2, 0.25) is 12.4 Å². The van der Waals surface area contributed by atoms with Crippen LogP contribution in [0, 0.1) is 23.2 Å². The number of aromatic hydroxyl groups is 1. The van der Waals surface area contributed by atoms with Crippen LogP contribution >= 0.6 is 0 Å². The molecule has 7 rings (SSSR count). The summed E-state index contributed by atoms with van der Waals surface area (Å²) in [6.07, 6.45) is 11.4. The van der Waals surface area contributed by atoms with E-state index in [0.29, 0.717) is 29.2 Å². The Hall–Kier alpha value is -2.60. The zero-order valence-corrected chi connectivity index (χ0v) is 21.4. The molecule has 2 N–H and O–H groups in total. The van der Waals surface area contributed by atoms with Crippen LogP contribution in [0.5, 0.6) is 5.75 Å². The molecule has 4 aliphatic carbocycles. The molecule has 3 saturated carbocycles. The number of amides is 1. The van der Waals surface area contributed by atoms with Gasteiger partial charge < -0.3 is 10.0 Å². The predicted molar refractivity (Wildman–Crippen MR) is 135 cm³/mol. The van der Waals surface area contributed by atoms with E-state index in [1.807, 2.05) is 18.0 Å². The summed E-state index contributed by atoms with van der Waals surface area (Å²) in [5.74, 6) is 2.08. The number of hydrogen-bond donors (Lipinski definition) is 2. The van der Waals surface area contributed by atoms with Gasteiger partial charge in [-0.1, -0.05) is 13.0 Å². The first-order valence-electron chi connectivity index (χ1n) is 13.9. The molecule has 6 atom stereocenters. The number of piperidine rings is 1. The van der Waals surface area contributed by atoms with Crippen molar-refractivity contribution in [2.75, 3.05) is 20.1 Å². The fourth-order valence-corrected chi connectivity index (χ4v) is 9.66. The minimum atomic E-state index is -0.0268. The Morgan fingerprint density at radius 3 is 2.83 bits per heavy atom. The maximum atomic E-state index is 13.6. The number of fused-ring (bicyclic) bond motifs is 1. The van der Waals surface area contributed by atoms with Crippen LogP contribution in [0.2, 0.25) is 0 Å². The van der Waals surface area contributed by atoms with Gasteiger partial charge in [0, 0.05) is 41.9 Å². The zero-order valence-electron chi connectivity index (χ0n) is 21.4. The standard InChI is InChI=1S/C30H37N3O3/c1-19-16-29-10-9-25(31(2)28(35)22-4-3-12-33(36)18-22)27(19)30(29)11-13-32(17-20-5-6-20)26(29)14-21-7-8-23(34)15-24(21)30/h3-4,7-8,12,15,18-20,25-27H,5-6,9-11,13-14,16-17H2,1-2H3,(H-,34,36)/p+1/t19-,25?,26?,27?,29?,30?/m0/s1. The molecule has 36 heavy (non-hydrogen) atoms. The summed E-state index contributed by atoms with van der Waals surface area (Å²) in [4.78, 5) is 18.5. The highest BCUT2D eigenvalue weighted by Crippen LogP contribution is 2.74. The quantitative estimate of drug-likeness (QED) is 0.508. The van der Waals surface area contributed by atoms with Crippen molar-refractivity contribution in [2.45, 2.75) is 69.4 Å². The van der Waals surface area contributed by atoms with Crippen molar-refractivity contribution in [3.63, 3.8) is 0 Å². The second-order valence-corrected chi connectivity index (χ2v) is 12.6. The number of rotatable bonds is 4. The Morgan fingerprint density at radius 2 is 2.06 bits per heavy atom. The number of pyridine rings is 1. The normalized spacial score (nSPS) is 36.7. The molecule has 1 aliphatic heterocycles. The second kappa shape index (κ2) is 7.70. The van der Waals surface area contributed by atoms with Gasteiger partial charge >= 0.3 is 0 Å². The van der Waals surface area contributed by atoms with E-state index in [4.69, 9.17) is 0 Å². The van der Waals surface area contributed by atoms with Gasteiger partial charge in [0.05, 0.1) is 0 Å². The molecule has 1 saturated heterocycles. The van der Waals surface area contributed by atoms with Crippen LogP contribution in [-0.2, 0) is 11.8 Å². The summed E-state index contributed by atoms with van der Waals surface area (Å²) in [5.41, 5.74) is 3.51. The summed E-state index contributed by atoms with van der Waals surface area (Å²) >= 11 is 0. The van der Waals surface area contributed by atoms with Crippen LogP contribution in [0.3, 0.4) is 0 Å². The lowest BCUT2D eigenvalue weighted by Crippen LogP contribution is -2.70. The maximum Gasteiger partial charge on any atom is 0.260 e. The molecular weight excluding hydrogens is 450 g/mol. The lowest BCUT2D eigenvalue weighted by molar-refractivity contribution is -0.904. The third-order valence-corrected chi connectivity index (χ3v) is 11.0. The van der Waals surface area contributed by atoms with Gasteiger partial charge in [-0.15, -0.1) is 0 Å². The molecular formula is C30H38N3O3+. The maximum absolute atomic E-state index is 13.6. The van der Waals surface area contributed by atoms with E-state index in [-0.39, 0.29) is 22.8 Å². The number of likely N-dealkylation sites (tertiary alicyclic amines) is 1. The molecule has 4 fully saturated rings. The van der Waals surface area contributed by atoms with E-state index in [2.05, 4.69) is 24.0 Å². The summed E-state index contributed by atoms with van der Waals surface area (Å²) in [6.45, 7) is 4.78. The second-order valence-electron chi connectivity index (χ2n) is 12.6. The van der Waals surface area contributed by atoms with Crippen molar-refractivity contribution in [1.82, 2.24) is 9.80 Å². The van der Waals surface area contributed by atoms with E-state index in [9.17, 15) is 15.1 Å². The van der Waals surface area contributed by atoms with Gasteiger partial charge in [-0.25, -0.2) is 0 Å². The number of hydrogen-bond acceptors (Lipinski definition) is 4. The van der Waals surface area contributed by atoms with E-state index in [1.54, 1.807) is 12.1 Å². The molecule has 5 unspecified atom stereocenters. The van der Waals surface area contributed by atoms with Gasteiger partial charge in [-0.2, -0.15) is 0 Å². The summed E-state index contributed by atoms with van der Waals surface area (Å²) in [5, 5.41) is 20.6. The van der Waals surface area contributed by atoms with Crippen LogP contribution in [-0.4, -0.2) is 58.2 Å². The number of carbonyl (C=O) groups excluding carboxylic acids is 1. The average molecular weight is 489 g/mol. The Labute approximate surface area is 213 Å². The fourth-order valence-electron chi connectivity index (χ4n) is 9.66. The molecule has 1 amide bonds. The van der Waals surface area contributed by atoms with Gasteiger partial charge in [-0.05, 0) is 104 Å². The van der Waals surface area contributed by atoms with Crippen molar-refractivity contribution in [2.24, 2.45) is 23.2 Å². The molecule has 2 aromatic rings. The first-order chi connectivity index (χ1) is 17.3. The molecule has 1 aromatic carbocycles. The molecule has 5 aliphatic rings.